The van der Waals surface area contributed by atoms with E-state index in [9.17, 15) is 14.0 Å². The van der Waals surface area contributed by atoms with Crippen molar-refractivity contribution in [3.05, 3.63) is 48.0 Å². The number of hydrogen-bond acceptors (Lipinski definition) is 8. The van der Waals surface area contributed by atoms with Crippen LogP contribution in [0.25, 0.3) is 21.8 Å². The van der Waals surface area contributed by atoms with Gasteiger partial charge in [0, 0.05) is 79.9 Å². The van der Waals surface area contributed by atoms with Crippen LogP contribution in [0.4, 0.5) is 20.6 Å². The van der Waals surface area contributed by atoms with Crippen LogP contribution in [-0.2, 0) is 7.05 Å². The van der Waals surface area contributed by atoms with Crippen molar-refractivity contribution in [2.24, 2.45) is 7.05 Å². The van der Waals surface area contributed by atoms with E-state index in [0.29, 0.717) is 47.2 Å². The van der Waals surface area contributed by atoms with Gasteiger partial charge in [-0.1, -0.05) is 0 Å². The molecule has 2 atom stereocenters. The summed E-state index contributed by atoms with van der Waals surface area (Å²) in [5.41, 5.74) is 2.19. The number of fused-ring (bicyclic) bond motifs is 2. The van der Waals surface area contributed by atoms with Gasteiger partial charge in [-0.05, 0) is 38.1 Å². The molecule has 0 radical (unpaired) electrons. The number of ether oxygens (including phenoxy) is 1. The molecule has 13 heteroatoms. The maximum atomic E-state index is 14.7. The van der Waals surface area contributed by atoms with Gasteiger partial charge in [0.1, 0.15) is 12.1 Å². The van der Waals surface area contributed by atoms with E-state index in [-0.39, 0.29) is 36.2 Å². The topological polar surface area (TPSA) is 130 Å². The molecule has 0 saturated carbocycles. The number of piperazine rings is 1. The average molecular weight is 562 g/mol. The Morgan fingerprint density at radius 3 is 2.76 bits per heavy atom. The van der Waals surface area contributed by atoms with Gasteiger partial charge in [0.15, 0.2) is 5.82 Å². The van der Waals surface area contributed by atoms with Gasteiger partial charge in [-0.15, -0.1) is 0 Å². The molecule has 41 heavy (non-hydrogen) atoms. The fourth-order valence-corrected chi connectivity index (χ4v) is 5.60. The predicted molar refractivity (Wildman–Crippen MR) is 153 cm³/mol. The Bertz CT molecular complexity index is 1630. The molecule has 2 fully saturated rings. The van der Waals surface area contributed by atoms with Gasteiger partial charge in [0.25, 0.3) is 5.91 Å². The Balaban J connectivity index is 1.32. The van der Waals surface area contributed by atoms with Crippen LogP contribution in [0.5, 0.6) is 6.01 Å². The van der Waals surface area contributed by atoms with Gasteiger partial charge in [-0.2, -0.15) is 10.1 Å². The maximum Gasteiger partial charge on any atom is 0.317 e. The second-order valence-electron chi connectivity index (χ2n) is 10.6. The molecular weight excluding hydrogens is 529 g/mol. The zero-order valence-corrected chi connectivity index (χ0v) is 23.1. The van der Waals surface area contributed by atoms with Crippen LogP contribution in [0.3, 0.4) is 0 Å². The maximum absolute atomic E-state index is 14.7. The molecule has 2 unspecified atom stereocenters. The number of carbonyl (C=O) groups is 2. The minimum absolute atomic E-state index is 0.105. The minimum atomic E-state index is -0.523. The molecule has 0 aliphatic carbocycles. The van der Waals surface area contributed by atoms with Crippen molar-refractivity contribution in [1.29, 1.82) is 0 Å². The molecule has 2 aromatic carbocycles. The van der Waals surface area contributed by atoms with Crippen LogP contribution in [0.15, 0.2) is 36.7 Å². The summed E-state index contributed by atoms with van der Waals surface area (Å²) in [5, 5.41) is 14.5. The van der Waals surface area contributed by atoms with E-state index in [1.54, 1.807) is 36.5 Å². The summed E-state index contributed by atoms with van der Waals surface area (Å²) < 4.78 is 22.0. The Hall–Kier alpha value is -4.52. The molecular formula is C28H32FN9O3. The predicted octanol–water partition coefficient (Wildman–Crippen LogP) is 2.50. The number of anilines is 2. The molecule has 4 aromatic rings. The average Bonchev–Trinajstić information content (AvgIpc) is 3.51. The van der Waals surface area contributed by atoms with Crippen molar-refractivity contribution in [3.8, 4) is 6.01 Å². The molecule has 4 heterocycles. The Kier molecular flexibility index (Phi) is 7.03. The van der Waals surface area contributed by atoms with Crippen molar-refractivity contribution in [2.45, 2.75) is 25.9 Å². The van der Waals surface area contributed by atoms with Gasteiger partial charge in [-0.25, -0.2) is 14.2 Å². The first-order valence-corrected chi connectivity index (χ1v) is 13.7. The van der Waals surface area contributed by atoms with E-state index in [1.165, 1.54) is 10.7 Å². The molecule has 3 amide bonds. The number of nitrogens with one attached hydrogen (secondary N) is 3. The number of carbonyl (C=O) groups excluding carboxylic acids is 2. The monoisotopic (exact) mass is 561 g/mol. The van der Waals surface area contributed by atoms with Crippen LogP contribution in [0.1, 0.15) is 24.2 Å². The van der Waals surface area contributed by atoms with E-state index in [1.807, 2.05) is 6.07 Å². The van der Waals surface area contributed by atoms with Gasteiger partial charge in [0.2, 0.25) is 0 Å². The lowest BCUT2D eigenvalue weighted by Gasteiger charge is -2.38. The number of rotatable bonds is 7. The highest BCUT2D eigenvalue weighted by Crippen LogP contribution is 2.31. The second-order valence-corrected chi connectivity index (χ2v) is 10.6. The van der Waals surface area contributed by atoms with E-state index < -0.39 is 11.7 Å². The summed E-state index contributed by atoms with van der Waals surface area (Å²) in [6.07, 6.45) is 3.36. The van der Waals surface area contributed by atoms with Gasteiger partial charge < -0.3 is 30.5 Å². The van der Waals surface area contributed by atoms with Crippen molar-refractivity contribution in [3.63, 3.8) is 0 Å². The normalized spacial score (nSPS) is 19.2. The number of urea groups is 1. The summed E-state index contributed by atoms with van der Waals surface area (Å²) in [7, 11) is 1.71. The Labute approximate surface area is 235 Å². The van der Waals surface area contributed by atoms with Gasteiger partial charge in [0.05, 0.1) is 17.6 Å². The van der Waals surface area contributed by atoms with Crippen molar-refractivity contribution in [1.82, 2.24) is 35.3 Å². The fraction of sp³-hybridized carbons (Fsp3) is 0.393. The number of aromatic nitrogens is 4. The molecule has 0 bridgehead atoms. The molecule has 3 N–H and O–H groups in total. The fourth-order valence-electron chi connectivity index (χ4n) is 5.60. The summed E-state index contributed by atoms with van der Waals surface area (Å²) in [5.74, 6) is -0.963. The van der Waals surface area contributed by atoms with E-state index in [0.717, 1.165) is 18.8 Å². The zero-order valence-electron chi connectivity index (χ0n) is 23.1. The minimum Gasteiger partial charge on any atom is -0.462 e. The molecule has 12 nitrogen and oxygen atoms in total. The highest BCUT2D eigenvalue weighted by atomic mass is 19.1. The molecule has 0 spiro atoms. The lowest BCUT2D eigenvalue weighted by atomic mass is 10.0. The standard InChI is InChI=1S/C28H32FN9O3/c1-16-13-38(14-17(2)32-16)23-5-4-20(26(39)33-19-10-18-15-36(3)35-24(18)22(29)11-19)25-21(23)12-31-27(34-25)41-9-8-37-7-6-30-28(37)40/h4-5,10-12,15-17,32H,6-9,13-14H2,1-3H3,(H,30,40)(H,33,39). The van der Waals surface area contributed by atoms with Crippen LogP contribution < -0.4 is 25.6 Å². The molecule has 2 aromatic heterocycles. The number of amides is 3. The summed E-state index contributed by atoms with van der Waals surface area (Å²) in [6.45, 7) is 7.64. The molecule has 2 saturated heterocycles. The van der Waals surface area contributed by atoms with Crippen LogP contribution in [0.2, 0.25) is 0 Å². The number of nitrogens with zero attached hydrogens (tertiary/aromatic N) is 6. The Morgan fingerprint density at radius 2 is 2.00 bits per heavy atom. The first kappa shape index (κ1) is 26.7. The zero-order chi connectivity index (χ0) is 28.7. The van der Waals surface area contributed by atoms with E-state index >= 15 is 0 Å². The van der Waals surface area contributed by atoms with Crippen molar-refractivity contribution in [2.75, 3.05) is 49.5 Å². The van der Waals surface area contributed by atoms with Crippen LogP contribution in [0, 0.1) is 5.82 Å². The lowest BCUT2D eigenvalue weighted by molar-refractivity contribution is 0.102. The van der Waals surface area contributed by atoms with E-state index in [2.05, 4.69) is 49.8 Å². The molecule has 6 rings (SSSR count). The summed E-state index contributed by atoms with van der Waals surface area (Å²) in [4.78, 5) is 38.4. The van der Waals surface area contributed by atoms with Gasteiger partial charge in [-0.3, -0.25) is 9.48 Å². The number of hydrogen-bond donors (Lipinski definition) is 3. The molecule has 2 aliphatic rings. The van der Waals surface area contributed by atoms with E-state index in [4.69, 9.17) is 4.74 Å². The SMILES string of the molecule is CC1CN(c2ccc(C(=O)Nc3cc(F)c4nn(C)cc4c3)c3nc(OCCN4CCNC4=O)ncc23)CC(C)N1. The summed E-state index contributed by atoms with van der Waals surface area (Å²) in [6, 6.07) is 7.11. The lowest BCUT2D eigenvalue weighted by Crippen LogP contribution is -2.54. The quantitative estimate of drug-likeness (QED) is 0.314. The van der Waals surface area contributed by atoms with Crippen molar-refractivity contribution < 1.29 is 18.7 Å². The van der Waals surface area contributed by atoms with Crippen LogP contribution >= 0.6 is 0 Å². The third-order valence-electron chi connectivity index (χ3n) is 7.32. The number of halogens is 1. The smallest absolute Gasteiger partial charge is 0.317 e. The third-order valence-corrected chi connectivity index (χ3v) is 7.32. The largest absolute Gasteiger partial charge is 0.462 e. The Morgan fingerprint density at radius 1 is 1.20 bits per heavy atom. The number of aryl methyl sites for hydroxylation is 1. The first-order valence-electron chi connectivity index (χ1n) is 13.7. The first-order chi connectivity index (χ1) is 19.7. The van der Waals surface area contributed by atoms with Crippen molar-refractivity contribution >= 4 is 45.1 Å². The van der Waals surface area contributed by atoms with Crippen LogP contribution in [-0.4, -0.2) is 88.0 Å². The molecule has 2 aliphatic heterocycles. The highest BCUT2D eigenvalue weighted by Gasteiger charge is 2.25. The third kappa shape index (κ3) is 5.44. The number of benzene rings is 2. The highest BCUT2D eigenvalue weighted by molar-refractivity contribution is 6.14. The summed E-state index contributed by atoms with van der Waals surface area (Å²) >= 11 is 0. The van der Waals surface area contributed by atoms with Gasteiger partial charge >= 0.3 is 12.0 Å². The second kappa shape index (κ2) is 10.8. The molecule has 214 valence electrons.